The van der Waals surface area contributed by atoms with Gasteiger partial charge in [-0.15, -0.1) is 0 Å². The van der Waals surface area contributed by atoms with Crippen LogP contribution in [-0.2, 0) is 20.7 Å². The Kier molecular flexibility index (Phi) is 13.9. The van der Waals surface area contributed by atoms with Crippen LogP contribution >= 0.6 is 0 Å². The van der Waals surface area contributed by atoms with Gasteiger partial charge < -0.3 is 24.8 Å². The first-order valence-corrected chi connectivity index (χ1v) is 7.62. The van der Waals surface area contributed by atoms with Gasteiger partial charge in [0.25, 0.3) is 0 Å². The maximum absolute atomic E-state index is 3.63. The number of hydrogen-bond acceptors (Lipinski definition) is 3. The summed E-state index contributed by atoms with van der Waals surface area (Å²) in [5.74, 6) is 0. The van der Waals surface area contributed by atoms with E-state index in [4.69, 9.17) is 0 Å². The Hall–Kier alpha value is 1.17. The predicted molar refractivity (Wildman–Crippen MR) is 69.6 cm³/mol. The summed E-state index contributed by atoms with van der Waals surface area (Å²) >= 11 is 2.26. The second-order valence-corrected chi connectivity index (χ2v) is 6.49. The first-order valence-electron chi connectivity index (χ1n) is 6.92. The predicted octanol–water partition coefficient (Wildman–Crippen LogP) is -4.37. The molecule has 3 atom stereocenters. The quantitative estimate of drug-likeness (QED) is 0.448. The van der Waals surface area contributed by atoms with Crippen molar-refractivity contribution < 1.29 is 45.5 Å². The average molecular weight is 345 g/mol. The van der Waals surface area contributed by atoms with Gasteiger partial charge in [-0.2, -0.15) is 0 Å². The third-order valence-corrected chi connectivity index (χ3v) is 5.08. The zero-order valence-electron chi connectivity index (χ0n) is 12.6. The largest absolute Gasteiger partial charge is 1.00 e. The first-order chi connectivity index (χ1) is 8.00. The van der Waals surface area contributed by atoms with E-state index in [1.165, 1.54) is 32.4 Å². The smallest absolute Gasteiger partial charge is 1.00 e. The molecule has 1 heterocycles. The Morgan fingerprint density at radius 1 is 0.947 bits per heavy atom. The van der Waals surface area contributed by atoms with Gasteiger partial charge in [0, 0.05) is 0 Å². The molecule has 0 radical (unpaired) electrons. The van der Waals surface area contributed by atoms with Gasteiger partial charge in [0.2, 0.25) is 0 Å². The zero-order valence-corrected chi connectivity index (χ0v) is 15.7. The molecule has 6 heteroatoms. The molecule has 1 aliphatic heterocycles. The van der Waals surface area contributed by atoms with Crippen molar-refractivity contribution in [2.24, 2.45) is 0 Å². The molecule has 0 aromatic heterocycles. The van der Waals surface area contributed by atoms with Gasteiger partial charge in [0.15, 0.2) is 0 Å². The van der Waals surface area contributed by atoms with E-state index >= 15 is 0 Å². The molecule has 1 rings (SSSR count). The van der Waals surface area contributed by atoms with E-state index in [0.717, 1.165) is 6.54 Å². The molecule has 0 amide bonds. The second-order valence-electron chi connectivity index (χ2n) is 5.59. The second kappa shape index (κ2) is 11.8. The average Bonchev–Trinajstić information content (AvgIpc) is 2.31. The van der Waals surface area contributed by atoms with E-state index in [2.05, 4.69) is 62.1 Å². The third kappa shape index (κ3) is 8.92. The maximum Gasteiger partial charge on any atom is -1.00 e. The first kappa shape index (κ1) is 22.5. The molecular weight excluding hydrogens is 317 g/mol. The van der Waals surface area contributed by atoms with Gasteiger partial charge in [0.05, 0.1) is 0 Å². The number of nitrogens with zero attached hydrogens (tertiary/aromatic N) is 2. The Balaban J connectivity index is 0. The van der Waals surface area contributed by atoms with Crippen LogP contribution in [0, 0.1) is 0 Å². The topological polar surface area (TPSA) is 18.5 Å². The van der Waals surface area contributed by atoms with Crippen LogP contribution in [0.5, 0.6) is 0 Å². The van der Waals surface area contributed by atoms with Gasteiger partial charge in [-0.05, 0) is 0 Å². The molecule has 0 spiro atoms. The fraction of sp³-hybridized carbons (Fsp3) is 1.00. The van der Waals surface area contributed by atoms with Crippen molar-refractivity contribution in [3.05, 3.63) is 0 Å². The third-order valence-electron chi connectivity index (χ3n) is 4.04. The minimum Gasteiger partial charge on any atom is -1.00 e. The summed E-state index contributed by atoms with van der Waals surface area (Å²) in [6, 6.07) is 2.02. The van der Waals surface area contributed by atoms with Crippen LogP contribution in [0.1, 0.15) is 40.0 Å². The van der Waals surface area contributed by atoms with E-state index in [1.54, 1.807) is 0 Å². The summed E-state index contributed by atoms with van der Waals surface area (Å²) in [6.07, 6.45) is 3.79. The summed E-state index contributed by atoms with van der Waals surface area (Å²) in [4.78, 5) is 2.50. The van der Waals surface area contributed by atoms with Gasteiger partial charge >= 0.3 is 119 Å². The SMILES string of the molecule is CC1CCN(C)C(C)CC[N]([Ti+2])C(C)CCN1.[Cl-].[Cl-]. The van der Waals surface area contributed by atoms with Crippen LogP contribution in [0.15, 0.2) is 0 Å². The van der Waals surface area contributed by atoms with Crippen molar-refractivity contribution in [3.8, 4) is 0 Å². The normalized spacial score (nSPS) is 32.4. The molecule has 0 bridgehead atoms. The Labute approximate surface area is 143 Å². The van der Waals surface area contributed by atoms with Crippen molar-refractivity contribution >= 4 is 0 Å². The molecule has 1 N–H and O–H groups in total. The minimum absolute atomic E-state index is 0. The van der Waals surface area contributed by atoms with Crippen LogP contribution in [0.3, 0.4) is 0 Å². The molecule has 0 saturated carbocycles. The van der Waals surface area contributed by atoms with Crippen molar-refractivity contribution in [2.45, 2.75) is 58.2 Å². The van der Waals surface area contributed by atoms with E-state index < -0.39 is 0 Å². The molecule has 0 aliphatic carbocycles. The van der Waals surface area contributed by atoms with Crippen molar-refractivity contribution in [2.75, 3.05) is 26.7 Å². The van der Waals surface area contributed by atoms with Crippen LogP contribution in [0.2, 0.25) is 0 Å². The fourth-order valence-electron chi connectivity index (χ4n) is 2.18. The van der Waals surface area contributed by atoms with Crippen LogP contribution in [-0.4, -0.2) is 53.1 Å². The van der Waals surface area contributed by atoms with Gasteiger partial charge in [0.1, 0.15) is 0 Å². The summed E-state index contributed by atoms with van der Waals surface area (Å²) in [7, 11) is 2.26. The van der Waals surface area contributed by atoms with Crippen LogP contribution in [0.25, 0.3) is 0 Å². The molecule has 1 aliphatic rings. The maximum atomic E-state index is 3.63. The number of halogens is 2. The van der Waals surface area contributed by atoms with E-state index in [-0.39, 0.29) is 24.8 Å². The molecule has 1 fully saturated rings. The van der Waals surface area contributed by atoms with E-state index in [0.29, 0.717) is 18.1 Å². The summed E-state index contributed by atoms with van der Waals surface area (Å²) < 4.78 is 2.50. The Morgan fingerprint density at radius 2 is 1.58 bits per heavy atom. The zero-order chi connectivity index (χ0) is 12.8. The molecule has 3 nitrogen and oxygen atoms in total. The van der Waals surface area contributed by atoms with Gasteiger partial charge in [-0.3, -0.25) is 0 Å². The molecule has 1 saturated heterocycles. The minimum atomic E-state index is 0. The van der Waals surface area contributed by atoms with Gasteiger partial charge in [-0.1, -0.05) is 0 Å². The van der Waals surface area contributed by atoms with Crippen LogP contribution < -0.4 is 30.1 Å². The van der Waals surface area contributed by atoms with Crippen LogP contribution in [0.4, 0.5) is 0 Å². The van der Waals surface area contributed by atoms with Crippen molar-refractivity contribution in [1.29, 1.82) is 0 Å². The summed E-state index contributed by atoms with van der Waals surface area (Å²) in [6.45, 7) is 10.6. The Bertz CT molecular complexity index is 222. The summed E-state index contributed by atoms with van der Waals surface area (Å²) in [5, 5.41) is 3.63. The van der Waals surface area contributed by atoms with E-state index in [1.807, 2.05) is 0 Å². The van der Waals surface area contributed by atoms with Crippen molar-refractivity contribution in [3.63, 3.8) is 0 Å². The molecule has 113 valence electrons. The molecule has 0 aromatic carbocycles. The summed E-state index contributed by atoms with van der Waals surface area (Å²) in [5.41, 5.74) is 0. The number of hydrogen-bond donors (Lipinski definition) is 1. The van der Waals surface area contributed by atoms with Crippen molar-refractivity contribution in [1.82, 2.24) is 13.6 Å². The standard InChI is InChI=1S/C13H28N3.2ClH.Ti/c1-11-5-8-14-12(2)7-10-16(4)13(3)6-9-15-11;;;/h11-14H,5-10H2,1-4H3;2*1H;/q-1;;;+3/p-2. The molecule has 19 heavy (non-hydrogen) atoms. The number of nitrogens with one attached hydrogen (secondary N) is 1. The molecule has 3 unspecified atom stereocenters. The molecular formula is C13H28Cl2N3Ti. The van der Waals surface area contributed by atoms with E-state index in [9.17, 15) is 0 Å². The molecule has 0 aromatic rings. The fourth-order valence-corrected chi connectivity index (χ4v) is 2.58. The number of rotatable bonds is 0. The Morgan fingerprint density at radius 3 is 2.21 bits per heavy atom. The van der Waals surface area contributed by atoms with Gasteiger partial charge in [-0.25, -0.2) is 0 Å². The monoisotopic (exact) mass is 344 g/mol.